The Morgan fingerprint density at radius 3 is 1.93 bits per heavy atom. The van der Waals surface area contributed by atoms with Crippen LogP contribution in [0.2, 0.25) is 0 Å². The average Bonchev–Trinajstić information content (AvgIpc) is 1.97. The van der Waals surface area contributed by atoms with Gasteiger partial charge in [-0.1, -0.05) is 27.7 Å². The molecule has 2 nitrogen and oxygen atoms in total. The number of rotatable bonds is 6. The first-order valence-electron chi connectivity index (χ1n) is 6.06. The fraction of sp³-hybridized carbons (Fsp3) is 1.00. The molecule has 0 saturated heterocycles. The standard InChI is InChI=1S/C13H30N2/c1-11(8-14-7)9-15-13(5,6)10-12(2,3)4/h11,14-15H,8-10H2,1-7H3. The summed E-state index contributed by atoms with van der Waals surface area (Å²) in [5.41, 5.74) is 0.628. The Morgan fingerprint density at radius 2 is 1.53 bits per heavy atom. The summed E-state index contributed by atoms with van der Waals surface area (Å²) in [5.74, 6) is 0.689. The van der Waals surface area contributed by atoms with Gasteiger partial charge in [0, 0.05) is 5.54 Å². The van der Waals surface area contributed by atoms with E-state index in [2.05, 4.69) is 52.2 Å². The minimum absolute atomic E-state index is 0.236. The van der Waals surface area contributed by atoms with Crippen LogP contribution in [0.4, 0.5) is 0 Å². The SMILES string of the molecule is CNCC(C)CNC(C)(C)CC(C)(C)C. The van der Waals surface area contributed by atoms with E-state index < -0.39 is 0 Å². The van der Waals surface area contributed by atoms with Gasteiger partial charge in [-0.3, -0.25) is 0 Å². The molecule has 0 aliphatic rings. The molecule has 15 heavy (non-hydrogen) atoms. The zero-order valence-electron chi connectivity index (χ0n) is 11.7. The van der Waals surface area contributed by atoms with Crippen molar-refractivity contribution in [3.63, 3.8) is 0 Å². The zero-order chi connectivity index (χ0) is 12.1. The predicted octanol–water partition coefficient (Wildman–Crippen LogP) is 2.65. The average molecular weight is 214 g/mol. The quantitative estimate of drug-likeness (QED) is 0.710. The molecule has 1 atom stereocenters. The molecule has 1 unspecified atom stereocenters. The molecule has 0 saturated carbocycles. The Bertz CT molecular complexity index is 168. The van der Waals surface area contributed by atoms with Crippen molar-refractivity contribution in [1.82, 2.24) is 10.6 Å². The van der Waals surface area contributed by atoms with E-state index in [4.69, 9.17) is 0 Å². The molecular weight excluding hydrogens is 184 g/mol. The Labute approximate surface area is 96.2 Å². The van der Waals surface area contributed by atoms with E-state index in [1.54, 1.807) is 0 Å². The molecular formula is C13H30N2. The third kappa shape index (κ3) is 8.88. The van der Waals surface area contributed by atoms with E-state index in [1.807, 2.05) is 7.05 Å². The van der Waals surface area contributed by atoms with Crippen LogP contribution in [-0.2, 0) is 0 Å². The topological polar surface area (TPSA) is 24.1 Å². The van der Waals surface area contributed by atoms with Crippen LogP contribution in [0.1, 0.15) is 48.0 Å². The summed E-state index contributed by atoms with van der Waals surface area (Å²) in [5, 5.41) is 6.87. The molecule has 0 fully saturated rings. The molecule has 0 aromatic rings. The monoisotopic (exact) mass is 214 g/mol. The van der Waals surface area contributed by atoms with Gasteiger partial charge in [-0.25, -0.2) is 0 Å². The van der Waals surface area contributed by atoms with Crippen LogP contribution in [0.25, 0.3) is 0 Å². The highest BCUT2D eigenvalue weighted by atomic mass is 15.0. The second-order valence-electron chi connectivity index (χ2n) is 6.67. The van der Waals surface area contributed by atoms with E-state index in [-0.39, 0.29) is 5.54 Å². The number of nitrogens with one attached hydrogen (secondary N) is 2. The summed E-state index contributed by atoms with van der Waals surface area (Å²) in [4.78, 5) is 0. The fourth-order valence-corrected chi connectivity index (χ4v) is 2.26. The molecule has 0 bridgehead atoms. The minimum Gasteiger partial charge on any atom is -0.319 e. The van der Waals surface area contributed by atoms with Gasteiger partial charge in [0.25, 0.3) is 0 Å². The van der Waals surface area contributed by atoms with Gasteiger partial charge >= 0.3 is 0 Å². The minimum atomic E-state index is 0.236. The molecule has 92 valence electrons. The lowest BCUT2D eigenvalue weighted by Crippen LogP contribution is -2.45. The second-order valence-corrected chi connectivity index (χ2v) is 6.67. The lowest BCUT2D eigenvalue weighted by atomic mass is 9.81. The van der Waals surface area contributed by atoms with Gasteiger partial charge in [0.1, 0.15) is 0 Å². The van der Waals surface area contributed by atoms with Crippen LogP contribution in [0.3, 0.4) is 0 Å². The van der Waals surface area contributed by atoms with Gasteiger partial charge in [0.2, 0.25) is 0 Å². The Kier molecular flexibility index (Phi) is 5.82. The lowest BCUT2D eigenvalue weighted by Gasteiger charge is -2.34. The molecule has 0 aromatic heterocycles. The summed E-state index contributed by atoms with van der Waals surface area (Å²) >= 11 is 0. The van der Waals surface area contributed by atoms with Gasteiger partial charge < -0.3 is 10.6 Å². The Balaban J connectivity index is 3.93. The first kappa shape index (κ1) is 14.9. The summed E-state index contributed by atoms with van der Waals surface area (Å²) in [6.45, 7) is 15.9. The van der Waals surface area contributed by atoms with Crippen molar-refractivity contribution < 1.29 is 0 Å². The molecule has 0 aliphatic heterocycles. The molecule has 0 aromatic carbocycles. The van der Waals surface area contributed by atoms with Crippen LogP contribution < -0.4 is 10.6 Å². The van der Waals surface area contributed by atoms with Crippen LogP contribution in [-0.4, -0.2) is 25.7 Å². The predicted molar refractivity (Wildman–Crippen MR) is 69.2 cm³/mol. The lowest BCUT2D eigenvalue weighted by molar-refractivity contribution is 0.233. The van der Waals surface area contributed by atoms with E-state index in [1.165, 1.54) is 6.42 Å². The zero-order valence-corrected chi connectivity index (χ0v) is 11.7. The van der Waals surface area contributed by atoms with Gasteiger partial charge in [-0.2, -0.15) is 0 Å². The second kappa shape index (κ2) is 5.86. The van der Waals surface area contributed by atoms with Crippen molar-refractivity contribution in [2.45, 2.75) is 53.5 Å². The molecule has 2 N–H and O–H groups in total. The summed E-state index contributed by atoms with van der Waals surface area (Å²) in [6.07, 6.45) is 1.20. The summed E-state index contributed by atoms with van der Waals surface area (Å²) < 4.78 is 0. The highest BCUT2D eigenvalue weighted by molar-refractivity contribution is 4.83. The third-order valence-corrected chi connectivity index (χ3v) is 2.45. The van der Waals surface area contributed by atoms with Gasteiger partial charge in [0.05, 0.1) is 0 Å². The first-order valence-corrected chi connectivity index (χ1v) is 6.06. The molecule has 2 heteroatoms. The van der Waals surface area contributed by atoms with Crippen molar-refractivity contribution in [1.29, 1.82) is 0 Å². The highest BCUT2D eigenvalue weighted by Gasteiger charge is 2.24. The van der Waals surface area contributed by atoms with Crippen LogP contribution >= 0.6 is 0 Å². The molecule has 0 aliphatic carbocycles. The molecule has 0 rings (SSSR count). The maximum absolute atomic E-state index is 3.66. The van der Waals surface area contributed by atoms with E-state index in [9.17, 15) is 0 Å². The van der Waals surface area contributed by atoms with Gasteiger partial charge in [-0.15, -0.1) is 0 Å². The normalized spacial score (nSPS) is 15.4. The van der Waals surface area contributed by atoms with E-state index in [0.29, 0.717) is 11.3 Å². The van der Waals surface area contributed by atoms with Crippen molar-refractivity contribution in [3.8, 4) is 0 Å². The van der Waals surface area contributed by atoms with Crippen LogP contribution in [0.15, 0.2) is 0 Å². The van der Waals surface area contributed by atoms with E-state index >= 15 is 0 Å². The maximum atomic E-state index is 3.66. The summed E-state index contributed by atoms with van der Waals surface area (Å²) in [7, 11) is 2.01. The maximum Gasteiger partial charge on any atom is 0.0130 e. The summed E-state index contributed by atoms with van der Waals surface area (Å²) in [6, 6.07) is 0. The van der Waals surface area contributed by atoms with Gasteiger partial charge in [-0.05, 0) is 51.7 Å². The fourth-order valence-electron chi connectivity index (χ4n) is 2.26. The smallest absolute Gasteiger partial charge is 0.0130 e. The molecule has 0 heterocycles. The van der Waals surface area contributed by atoms with Crippen molar-refractivity contribution in [3.05, 3.63) is 0 Å². The van der Waals surface area contributed by atoms with E-state index in [0.717, 1.165) is 13.1 Å². The van der Waals surface area contributed by atoms with Crippen LogP contribution in [0.5, 0.6) is 0 Å². The molecule has 0 amide bonds. The highest BCUT2D eigenvalue weighted by Crippen LogP contribution is 2.26. The van der Waals surface area contributed by atoms with Crippen molar-refractivity contribution in [2.24, 2.45) is 11.3 Å². The number of hydrogen-bond donors (Lipinski definition) is 2. The molecule has 0 spiro atoms. The molecule has 0 radical (unpaired) electrons. The van der Waals surface area contributed by atoms with Crippen LogP contribution in [0, 0.1) is 11.3 Å². The Hall–Kier alpha value is -0.0800. The van der Waals surface area contributed by atoms with Gasteiger partial charge in [0.15, 0.2) is 0 Å². The first-order chi connectivity index (χ1) is 6.66. The van der Waals surface area contributed by atoms with Crippen molar-refractivity contribution >= 4 is 0 Å². The third-order valence-electron chi connectivity index (χ3n) is 2.45. The Morgan fingerprint density at radius 1 is 1.00 bits per heavy atom. The van der Waals surface area contributed by atoms with Crippen molar-refractivity contribution in [2.75, 3.05) is 20.1 Å². The number of hydrogen-bond acceptors (Lipinski definition) is 2. The largest absolute Gasteiger partial charge is 0.319 e.